The molecule has 0 aliphatic rings. The number of allylic oxidation sites excluding steroid dienone is 1. The van der Waals surface area contributed by atoms with Gasteiger partial charge in [0, 0.05) is 0 Å². The summed E-state index contributed by atoms with van der Waals surface area (Å²) in [6.07, 6.45) is 3.16. The zero-order valence-corrected chi connectivity index (χ0v) is 6.99. The topological polar surface area (TPSA) is 0 Å². The second kappa shape index (κ2) is 3.25. The van der Waals surface area contributed by atoms with Gasteiger partial charge in [0.15, 0.2) is 0 Å². The smallest absolute Gasteiger partial charge is 0.0170 e. The summed E-state index contributed by atoms with van der Waals surface area (Å²) >= 11 is 0. The van der Waals surface area contributed by atoms with Crippen molar-refractivity contribution in [1.29, 1.82) is 0 Å². The van der Waals surface area contributed by atoms with E-state index in [9.17, 15) is 0 Å². The highest BCUT2D eigenvalue weighted by molar-refractivity contribution is 7.40. The van der Waals surface area contributed by atoms with E-state index < -0.39 is 0 Å². The fourth-order valence-electron chi connectivity index (χ4n) is 0.378. The third kappa shape index (κ3) is 6.17. The van der Waals surface area contributed by atoms with E-state index in [4.69, 9.17) is 0 Å². The lowest BCUT2D eigenvalue weighted by molar-refractivity contribution is 0.795. The molecule has 0 rings (SSSR count). The van der Waals surface area contributed by atoms with E-state index in [1.807, 2.05) is 6.08 Å². The average Bonchev–Trinajstić information content (AvgIpc) is 1.59. The summed E-state index contributed by atoms with van der Waals surface area (Å²) in [4.78, 5) is 0. The Morgan fingerprint density at radius 3 is 2.12 bits per heavy atom. The van der Waals surface area contributed by atoms with Gasteiger partial charge in [0.2, 0.25) is 0 Å². The summed E-state index contributed by atoms with van der Waals surface area (Å²) in [7, 11) is 1.02. The predicted octanol–water partition coefficient (Wildman–Crippen LogP) is 2.65. The summed E-state index contributed by atoms with van der Waals surface area (Å²) < 4.78 is 0. The van der Waals surface area contributed by atoms with Crippen LogP contribution in [0, 0.1) is 0 Å². The zero-order valence-electron chi connectivity index (χ0n) is 5.99. The van der Waals surface area contributed by atoms with Crippen molar-refractivity contribution in [2.45, 2.75) is 25.9 Å². The van der Waals surface area contributed by atoms with Crippen molar-refractivity contribution in [3.05, 3.63) is 12.7 Å². The minimum atomic E-state index is 0.508. The van der Waals surface area contributed by atoms with Gasteiger partial charge in [-0.05, 0) is 11.3 Å². The molecule has 0 aromatic rings. The summed E-state index contributed by atoms with van der Waals surface area (Å²) in [5.41, 5.74) is 0. The van der Waals surface area contributed by atoms with E-state index in [2.05, 4.69) is 27.4 Å². The van der Waals surface area contributed by atoms with Crippen LogP contribution in [0.3, 0.4) is 0 Å². The Morgan fingerprint density at radius 2 is 2.00 bits per heavy atom. The van der Waals surface area contributed by atoms with Gasteiger partial charge in [-0.15, -0.1) is 15.2 Å². The second-order valence-corrected chi connectivity index (χ2v) is 5.18. The normalized spacial score (nSPS) is 12.9. The van der Waals surface area contributed by atoms with E-state index >= 15 is 0 Å². The fraction of sp³-hybridized carbons (Fsp3) is 0.714. The van der Waals surface area contributed by atoms with Crippen LogP contribution < -0.4 is 0 Å². The van der Waals surface area contributed by atoms with Gasteiger partial charge < -0.3 is 0 Å². The van der Waals surface area contributed by atoms with Crippen LogP contribution in [0.15, 0.2) is 12.7 Å². The molecule has 0 aliphatic heterocycles. The van der Waals surface area contributed by atoms with E-state index in [1.54, 1.807) is 0 Å². The molecule has 0 heterocycles. The SMILES string of the molecule is C=CCPC(C)(C)C. The van der Waals surface area contributed by atoms with Crippen molar-refractivity contribution in [2.75, 3.05) is 6.16 Å². The van der Waals surface area contributed by atoms with E-state index in [-0.39, 0.29) is 0 Å². The minimum Gasteiger partial charge on any atom is -0.113 e. The van der Waals surface area contributed by atoms with Crippen molar-refractivity contribution in [3.8, 4) is 0 Å². The Morgan fingerprint density at radius 1 is 1.50 bits per heavy atom. The highest BCUT2D eigenvalue weighted by Crippen LogP contribution is 2.29. The Balaban J connectivity index is 3.24. The first-order chi connectivity index (χ1) is 3.56. The summed E-state index contributed by atoms with van der Waals surface area (Å²) in [6, 6.07) is 0. The van der Waals surface area contributed by atoms with Crippen LogP contribution in [0.25, 0.3) is 0 Å². The van der Waals surface area contributed by atoms with Crippen LogP contribution in [0.5, 0.6) is 0 Å². The first-order valence-electron chi connectivity index (χ1n) is 2.92. The van der Waals surface area contributed by atoms with Crippen LogP contribution in [0.4, 0.5) is 0 Å². The molecule has 0 bridgehead atoms. The van der Waals surface area contributed by atoms with Gasteiger partial charge in [0.1, 0.15) is 0 Å². The number of hydrogen-bond donors (Lipinski definition) is 0. The molecule has 0 nitrogen and oxygen atoms in total. The average molecular weight is 130 g/mol. The Hall–Kier alpha value is 0.170. The fourth-order valence-corrected chi connectivity index (χ4v) is 1.14. The summed E-state index contributed by atoms with van der Waals surface area (Å²) in [6.45, 7) is 10.4. The van der Waals surface area contributed by atoms with Gasteiger partial charge in [0.05, 0.1) is 0 Å². The number of rotatable bonds is 2. The molecule has 0 N–H and O–H groups in total. The molecule has 0 aromatic heterocycles. The molecule has 0 aromatic carbocycles. The van der Waals surface area contributed by atoms with Crippen LogP contribution in [-0.4, -0.2) is 11.3 Å². The van der Waals surface area contributed by atoms with Gasteiger partial charge in [-0.3, -0.25) is 0 Å². The van der Waals surface area contributed by atoms with Gasteiger partial charge >= 0.3 is 0 Å². The Kier molecular flexibility index (Phi) is 3.31. The molecule has 1 heteroatoms. The first-order valence-corrected chi connectivity index (χ1v) is 4.13. The maximum Gasteiger partial charge on any atom is -0.0170 e. The van der Waals surface area contributed by atoms with Crippen molar-refractivity contribution in [1.82, 2.24) is 0 Å². The predicted molar refractivity (Wildman–Crippen MR) is 43.1 cm³/mol. The van der Waals surface area contributed by atoms with Crippen molar-refractivity contribution in [2.24, 2.45) is 0 Å². The van der Waals surface area contributed by atoms with E-state index in [0.29, 0.717) is 5.16 Å². The molecule has 0 radical (unpaired) electrons. The lowest BCUT2D eigenvalue weighted by Gasteiger charge is -2.15. The second-order valence-electron chi connectivity index (χ2n) is 2.92. The lowest BCUT2D eigenvalue weighted by atomic mass is 10.3. The molecule has 0 aliphatic carbocycles. The minimum absolute atomic E-state index is 0.508. The lowest BCUT2D eigenvalue weighted by Crippen LogP contribution is -2.04. The van der Waals surface area contributed by atoms with Gasteiger partial charge in [-0.2, -0.15) is 0 Å². The van der Waals surface area contributed by atoms with Gasteiger partial charge in [0.25, 0.3) is 0 Å². The largest absolute Gasteiger partial charge is 0.113 e. The molecular weight excluding hydrogens is 115 g/mol. The Bertz CT molecular complexity index is 68.9. The van der Waals surface area contributed by atoms with E-state index in [1.165, 1.54) is 6.16 Å². The molecule has 8 heavy (non-hydrogen) atoms. The molecule has 0 fully saturated rings. The van der Waals surface area contributed by atoms with Crippen LogP contribution in [-0.2, 0) is 0 Å². The highest BCUT2D eigenvalue weighted by Gasteiger charge is 2.06. The quantitative estimate of drug-likeness (QED) is 0.398. The van der Waals surface area contributed by atoms with Crippen molar-refractivity contribution in [3.63, 3.8) is 0 Å². The zero-order chi connectivity index (χ0) is 6.62. The number of hydrogen-bond acceptors (Lipinski definition) is 0. The van der Waals surface area contributed by atoms with Gasteiger partial charge in [-0.1, -0.05) is 26.8 Å². The third-order valence-corrected chi connectivity index (χ3v) is 2.33. The maximum absolute atomic E-state index is 3.67. The molecule has 1 unspecified atom stereocenters. The molecular formula is C7H15P. The van der Waals surface area contributed by atoms with Crippen LogP contribution in [0.2, 0.25) is 0 Å². The van der Waals surface area contributed by atoms with Crippen molar-refractivity contribution < 1.29 is 0 Å². The highest BCUT2D eigenvalue weighted by atomic mass is 31.1. The van der Waals surface area contributed by atoms with Gasteiger partial charge in [-0.25, -0.2) is 0 Å². The molecule has 48 valence electrons. The van der Waals surface area contributed by atoms with Crippen LogP contribution in [0.1, 0.15) is 20.8 Å². The van der Waals surface area contributed by atoms with Crippen LogP contribution >= 0.6 is 8.58 Å². The van der Waals surface area contributed by atoms with Crippen molar-refractivity contribution >= 4 is 8.58 Å². The molecule has 0 spiro atoms. The summed E-state index contributed by atoms with van der Waals surface area (Å²) in [5, 5.41) is 0.508. The molecule has 1 atom stereocenters. The molecule has 0 amide bonds. The Labute approximate surface area is 54.2 Å². The standard InChI is InChI=1S/C7H15P/c1-5-6-8-7(2,3)4/h5,8H,1,6H2,2-4H3. The first kappa shape index (κ1) is 8.17. The molecule has 0 saturated heterocycles. The third-order valence-electron chi connectivity index (χ3n) is 0.777. The molecule has 0 saturated carbocycles. The maximum atomic E-state index is 3.67. The monoisotopic (exact) mass is 130 g/mol. The van der Waals surface area contributed by atoms with E-state index in [0.717, 1.165) is 8.58 Å². The summed E-state index contributed by atoms with van der Waals surface area (Å²) in [5.74, 6) is 0.